The Labute approximate surface area is 115 Å². The van der Waals surface area contributed by atoms with Gasteiger partial charge in [0.1, 0.15) is 11.2 Å². The number of aliphatic carboxylic acids is 2. The lowest BCUT2D eigenvalue weighted by Gasteiger charge is -2.34. The zero-order valence-electron chi connectivity index (χ0n) is 11.3. The third-order valence-electron chi connectivity index (χ3n) is 3.61. The van der Waals surface area contributed by atoms with E-state index in [4.69, 9.17) is 14.9 Å². The van der Waals surface area contributed by atoms with E-state index in [1.807, 2.05) is 0 Å². The van der Waals surface area contributed by atoms with Gasteiger partial charge in [0.15, 0.2) is 5.92 Å². The van der Waals surface area contributed by atoms with E-state index in [1.54, 1.807) is 6.92 Å². The van der Waals surface area contributed by atoms with Gasteiger partial charge in [-0.15, -0.1) is 0 Å². The summed E-state index contributed by atoms with van der Waals surface area (Å²) in [7, 11) is 0. The van der Waals surface area contributed by atoms with E-state index in [9.17, 15) is 19.2 Å². The van der Waals surface area contributed by atoms with Gasteiger partial charge in [-0.3, -0.25) is 19.2 Å². The first-order chi connectivity index (χ1) is 9.35. The molecular weight excluding hydrogens is 268 g/mol. The molecule has 1 rings (SSSR count). The van der Waals surface area contributed by atoms with E-state index in [0.717, 1.165) is 0 Å². The van der Waals surface area contributed by atoms with E-state index in [1.165, 1.54) is 0 Å². The van der Waals surface area contributed by atoms with Crippen molar-refractivity contribution in [3.63, 3.8) is 0 Å². The number of carbonyl (C=O) groups is 4. The molecule has 0 bridgehead atoms. The van der Waals surface area contributed by atoms with Crippen LogP contribution in [0.2, 0.25) is 0 Å². The van der Waals surface area contributed by atoms with Crippen LogP contribution in [-0.2, 0) is 23.9 Å². The Bertz CT molecular complexity index is 414. The zero-order valence-corrected chi connectivity index (χ0v) is 11.3. The highest BCUT2D eigenvalue weighted by atomic mass is 16.5. The van der Waals surface area contributed by atoms with Crippen molar-refractivity contribution in [2.45, 2.75) is 39.0 Å². The molecule has 0 spiro atoms. The van der Waals surface area contributed by atoms with Crippen molar-refractivity contribution in [3.05, 3.63) is 0 Å². The molecular formula is C13H18O7. The van der Waals surface area contributed by atoms with Gasteiger partial charge in [-0.25, -0.2) is 0 Å². The first-order valence-corrected chi connectivity index (χ1v) is 6.51. The normalized spacial score (nSPS) is 22.6. The molecule has 0 radical (unpaired) electrons. The Hall–Kier alpha value is -1.92. The lowest BCUT2D eigenvalue weighted by Crippen LogP contribution is -2.46. The maximum absolute atomic E-state index is 12.1. The van der Waals surface area contributed by atoms with Crippen molar-refractivity contribution in [1.82, 2.24) is 0 Å². The zero-order chi connectivity index (χ0) is 15.3. The minimum Gasteiger partial charge on any atom is -0.481 e. The van der Waals surface area contributed by atoms with E-state index in [-0.39, 0.29) is 19.4 Å². The van der Waals surface area contributed by atoms with Crippen LogP contribution in [0.1, 0.15) is 39.0 Å². The number of esters is 1. The summed E-state index contributed by atoms with van der Waals surface area (Å²) in [6.45, 7) is 1.63. The number of hydrogen-bond acceptors (Lipinski definition) is 5. The van der Waals surface area contributed by atoms with Gasteiger partial charge in [0.05, 0.1) is 6.61 Å². The number of Topliss-reactive ketones (excluding diaryl/α,β-unsaturated/α-hetero) is 1. The summed E-state index contributed by atoms with van der Waals surface area (Å²) in [5, 5.41) is 17.9. The van der Waals surface area contributed by atoms with Gasteiger partial charge >= 0.3 is 17.9 Å². The van der Waals surface area contributed by atoms with E-state index >= 15 is 0 Å². The van der Waals surface area contributed by atoms with Crippen LogP contribution < -0.4 is 0 Å². The molecule has 1 aliphatic carbocycles. The van der Waals surface area contributed by atoms with Crippen LogP contribution in [0.15, 0.2) is 0 Å². The predicted molar refractivity (Wildman–Crippen MR) is 65.9 cm³/mol. The fourth-order valence-electron chi connectivity index (χ4n) is 2.50. The quantitative estimate of drug-likeness (QED) is 0.549. The summed E-state index contributed by atoms with van der Waals surface area (Å²) in [4.78, 5) is 46.2. The Balaban J connectivity index is 3.10. The highest BCUT2D eigenvalue weighted by Crippen LogP contribution is 2.40. The maximum atomic E-state index is 12.1. The van der Waals surface area contributed by atoms with E-state index < -0.39 is 41.4 Å². The van der Waals surface area contributed by atoms with Gasteiger partial charge in [0.2, 0.25) is 0 Å². The molecule has 0 aromatic carbocycles. The number of rotatable bonds is 6. The summed E-state index contributed by atoms with van der Waals surface area (Å²) < 4.78 is 4.87. The summed E-state index contributed by atoms with van der Waals surface area (Å²) in [5.74, 6) is -6.13. The molecule has 7 heteroatoms. The standard InChI is InChI=1S/C13H18O7/c1-2-20-12(19)13(6-4-3-5-9(13)14)7-8(10(15)16)11(17)18/h8H,2-7H2,1H3,(H,15,16)(H,17,18)/t13-/m1/s1. The summed E-state index contributed by atoms with van der Waals surface area (Å²) in [5.41, 5.74) is -1.63. The second kappa shape index (κ2) is 6.49. The molecule has 1 aliphatic rings. The molecule has 0 aliphatic heterocycles. The molecule has 20 heavy (non-hydrogen) atoms. The Kier molecular flexibility index (Phi) is 5.24. The van der Waals surface area contributed by atoms with Crippen LogP contribution >= 0.6 is 0 Å². The van der Waals surface area contributed by atoms with E-state index in [2.05, 4.69) is 0 Å². The lowest BCUT2D eigenvalue weighted by molar-refractivity contribution is -0.166. The number of carboxylic acids is 2. The first-order valence-electron chi connectivity index (χ1n) is 6.51. The van der Waals surface area contributed by atoms with Gasteiger partial charge in [-0.05, 0) is 26.2 Å². The van der Waals surface area contributed by atoms with Crippen LogP contribution in [0.3, 0.4) is 0 Å². The molecule has 1 fully saturated rings. The molecule has 0 amide bonds. The lowest BCUT2D eigenvalue weighted by atomic mass is 9.68. The average molecular weight is 286 g/mol. The van der Waals surface area contributed by atoms with E-state index in [0.29, 0.717) is 12.8 Å². The molecule has 0 heterocycles. The maximum Gasteiger partial charge on any atom is 0.319 e. The third-order valence-corrected chi connectivity index (χ3v) is 3.61. The number of carbonyl (C=O) groups excluding carboxylic acids is 2. The highest BCUT2D eigenvalue weighted by molar-refractivity contribution is 6.05. The van der Waals surface area contributed by atoms with Gasteiger partial charge in [0, 0.05) is 6.42 Å². The molecule has 0 unspecified atom stereocenters. The van der Waals surface area contributed by atoms with Gasteiger partial charge in [0.25, 0.3) is 0 Å². The second-order valence-electron chi connectivity index (χ2n) is 4.87. The molecule has 112 valence electrons. The fourth-order valence-corrected chi connectivity index (χ4v) is 2.50. The van der Waals surface area contributed by atoms with Crippen molar-refractivity contribution in [2.24, 2.45) is 11.3 Å². The number of hydrogen-bond donors (Lipinski definition) is 2. The minimum absolute atomic E-state index is 0.0542. The van der Waals surface area contributed by atoms with Gasteiger partial charge < -0.3 is 14.9 Å². The fraction of sp³-hybridized carbons (Fsp3) is 0.692. The van der Waals surface area contributed by atoms with Crippen molar-refractivity contribution in [1.29, 1.82) is 0 Å². The smallest absolute Gasteiger partial charge is 0.319 e. The van der Waals surface area contributed by atoms with Gasteiger partial charge in [-0.1, -0.05) is 6.42 Å². The molecule has 1 saturated carbocycles. The van der Waals surface area contributed by atoms with Gasteiger partial charge in [-0.2, -0.15) is 0 Å². The minimum atomic E-state index is -1.79. The molecule has 7 nitrogen and oxygen atoms in total. The van der Waals surface area contributed by atoms with Crippen molar-refractivity contribution < 1.29 is 34.1 Å². The van der Waals surface area contributed by atoms with Crippen LogP contribution in [-0.4, -0.2) is 40.5 Å². The van der Waals surface area contributed by atoms with Crippen LogP contribution in [0, 0.1) is 11.3 Å². The first kappa shape index (κ1) is 16.1. The summed E-state index contributed by atoms with van der Waals surface area (Å²) in [6.07, 6.45) is 0.920. The second-order valence-corrected chi connectivity index (χ2v) is 4.87. The highest BCUT2D eigenvalue weighted by Gasteiger charge is 2.51. The number of ether oxygens (including phenoxy) is 1. The monoisotopic (exact) mass is 286 g/mol. The summed E-state index contributed by atoms with van der Waals surface area (Å²) in [6, 6.07) is 0. The number of ketones is 1. The van der Waals surface area contributed by atoms with Crippen molar-refractivity contribution in [2.75, 3.05) is 6.61 Å². The summed E-state index contributed by atoms with van der Waals surface area (Å²) >= 11 is 0. The predicted octanol–water partition coefficient (Wildman–Crippen LogP) is 0.854. The topological polar surface area (TPSA) is 118 Å². The largest absolute Gasteiger partial charge is 0.481 e. The van der Waals surface area contributed by atoms with Crippen LogP contribution in [0.4, 0.5) is 0 Å². The van der Waals surface area contributed by atoms with Crippen LogP contribution in [0.25, 0.3) is 0 Å². The Morgan fingerprint density at radius 3 is 2.30 bits per heavy atom. The molecule has 2 N–H and O–H groups in total. The van der Waals surface area contributed by atoms with Crippen molar-refractivity contribution >= 4 is 23.7 Å². The Morgan fingerprint density at radius 2 is 1.85 bits per heavy atom. The number of carboxylic acid groups (broad SMARTS) is 2. The molecule has 0 aromatic rings. The molecule has 0 aromatic heterocycles. The molecule has 1 atom stereocenters. The Morgan fingerprint density at radius 1 is 1.25 bits per heavy atom. The SMILES string of the molecule is CCOC(=O)[C@@]1(CC(C(=O)O)C(=O)O)CCCCC1=O. The van der Waals surface area contributed by atoms with Crippen LogP contribution in [0.5, 0.6) is 0 Å². The van der Waals surface area contributed by atoms with Crippen molar-refractivity contribution in [3.8, 4) is 0 Å². The average Bonchev–Trinajstić information content (AvgIpc) is 2.37. The third kappa shape index (κ3) is 3.15. The molecule has 0 saturated heterocycles.